The summed E-state index contributed by atoms with van der Waals surface area (Å²) in [5, 5.41) is 5.73. The molecule has 0 bridgehead atoms. The van der Waals surface area contributed by atoms with Crippen LogP contribution in [0.1, 0.15) is 37.8 Å². The van der Waals surface area contributed by atoms with Gasteiger partial charge in [-0.05, 0) is 63.4 Å². The van der Waals surface area contributed by atoms with Crippen LogP contribution in [0.5, 0.6) is 0 Å². The molecule has 0 spiro atoms. The maximum Gasteiger partial charge on any atom is 0.239 e. The van der Waals surface area contributed by atoms with E-state index < -0.39 is 5.41 Å². The van der Waals surface area contributed by atoms with Crippen molar-refractivity contribution in [1.82, 2.24) is 5.32 Å². The van der Waals surface area contributed by atoms with Crippen molar-refractivity contribution in [2.45, 2.75) is 40.2 Å². The fourth-order valence-corrected chi connectivity index (χ4v) is 3.23. The van der Waals surface area contributed by atoms with Crippen LogP contribution in [-0.4, -0.2) is 24.9 Å². The third-order valence-corrected chi connectivity index (χ3v) is 5.31. The van der Waals surface area contributed by atoms with Crippen LogP contribution in [0.4, 0.5) is 11.4 Å². The third kappa shape index (κ3) is 4.71. The highest BCUT2D eigenvalue weighted by atomic mass is 16.2. The van der Waals surface area contributed by atoms with E-state index in [4.69, 9.17) is 0 Å². The zero-order valence-electron chi connectivity index (χ0n) is 16.9. The molecule has 28 heavy (non-hydrogen) atoms. The fourth-order valence-electron chi connectivity index (χ4n) is 3.23. The minimum atomic E-state index is -1.17. The first-order valence-electron chi connectivity index (χ1n) is 9.86. The number of nitrogens with zero attached hydrogens (tertiary/aromatic N) is 1. The van der Waals surface area contributed by atoms with Gasteiger partial charge in [-0.15, -0.1) is 0 Å². The molecule has 1 heterocycles. The molecule has 2 N–H and O–H groups in total. The molecule has 148 valence electrons. The minimum absolute atomic E-state index is 0.292. The highest BCUT2D eigenvalue weighted by Gasteiger charge is 2.36. The lowest BCUT2D eigenvalue weighted by molar-refractivity contribution is -0.138. The van der Waals surface area contributed by atoms with Crippen LogP contribution < -0.4 is 15.5 Å². The molecule has 0 unspecified atom stereocenters. The predicted molar refractivity (Wildman–Crippen MR) is 113 cm³/mol. The molecule has 1 aliphatic rings. The summed E-state index contributed by atoms with van der Waals surface area (Å²) in [5.74, 6) is -0.609. The van der Waals surface area contributed by atoms with E-state index in [-0.39, 0.29) is 11.8 Å². The van der Waals surface area contributed by atoms with E-state index in [0.29, 0.717) is 12.2 Å². The molecule has 2 aromatic carbocycles. The number of hydrogen-bond acceptors (Lipinski definition) is 3. The molecule has 2 aromatic rings. The average molecular weight is 380 g/mol. The summed E-state index contributed by atoms with van der Waals surface area (Å²) in [4.78, 5) is 27.6. The number of aryl methyl sites for hydroxylation is 1. The molecule has 0 radical (unpaired) electrons. The van der Waals surface area contributed by atoms with E-state index in [2.05, 4.69) is 15.5 Å². The van der Waals surface area contributed by atoms with Crippen molar-refractivity contribution >= 4 is 23.2 Å². The number of nitrogens with one attached hydrogen (secondary N) is 2. The van der Waals surface area contributed by atoms with Crippen LogP contribution in [0, 0.1) is 12.3 Å². The predicted octanol–water partition coefficient (Wildman–Crippen LogP) is 3.88. The summed E-state index contributed by atoms with van der Waals surface area (Å²) >= 11 is 0. The first-order valence-corrected chi connectivity index (χ1v) is 9.86. The highest BCUT2D eigenvalue weighted by Crippen LogP contribution is 2.24. The van der Waals surface area contributed by atoms with Crippen LogP contribution >= 0.6 is 0 Å². The van der Waals surface area contributed by atoms with E-state index in [0.717, 1.165) is 18.7 Å². The van der Waals surface area contributed by atoms with Gasteiger partial charge in [-0.3, -0.25) is 9.59 Å². The van der Waals surface area contributed by atoms with Crippen molar-refractivity contribution in [1.29, 1.82) is 0 Å². The van der Waals surface area contributed by atoms with E-state index in [1.807, 2.05) is 55.5 Å². The molecule has 3 rings (SSSR count). The Bertz CT molecular complexity index is 820. The first-order chi connectivity index (χ1) is 13.4. The van der Waals surface area contributed by atoms with Crippen LogP contribution in [0.25, 0.3) is 0 Å². The van der Waals surface area contributed by atoms with Crippen molar-refractivity contribution in [3.05, 3.63) is 59.7 Å². The van der Waals surface area contributed by atoms with Crippen molar-refractivity contribution in [3.8, 4) is 0 Å². The molecular formula is C23H29N3O2. The standard InChI is InChI=1S/C23H29N3O2/c1-17-6-8-18(9-7-17)16-24-21(27)23(2,3)22(28)25-19-10-12-20(13-11-19)26-14-4-5-15-26/h6-13H,4-5,14-16H2,1-3H3,(H,24,27)(H,25,28). The molecule has 1 fully saturated rings. The summed E-state index contributed by atoms with van der Waals surface area (Å²) in [6.45, 7) is 7.88. The van der Waals surface area contributed by atoms with Gasteiger partial charge in [-0.2, -0.15) is 0 Å². The van der Waals surface area contributed by atoms with Gasteiger partial charge < -0.3 is 15.5 Å². The summed E-state index contributed by atoms with van der Waals surface area (Å²) in [6, 6.07) is 15.8. The van der Waals surface area contributed by atoms with Gasteiger partial charge in [0.05, 0.1) is 0 Å². The fraction of sp³-hybridized carbons (Fsp3) is 0.391. The number of amides is 2. The Morgan fingerprint density at radius 2 is 1.54 bits per heavy atom. The van der Waals surface area contributed by atoms with Crippen molar-refractivity contribution in [2.24, 2.45) is 5.41 Å². The second-order valence-electron chi connectivity index (χ2n) is 7.99. The van der Waals surface area contributed by atoms with Crippen LogP contribution in [0.2, 0.25) is 0 Å². The maximum atomic E-state index is 12.7. The summed E-state index contributed by atoms with van der Waals surface area (Å²) in [7, 11) is 0. The van der Waals surface area contributed by atoms with Gasteiger partial charge in [0.15, 0.2) is 0 Å². The van der Waals surface area contributed by atoms with E-state index in [1.54, 1.807) is 13.8 Å². The molecule has 2 amide bonds. The average Bonchev–Trinajstić information content (AvgIpc) is 3.22. The van der Waals surface area contributed by atoms with Crippen LogP contribution in [-0.2, 0) is 16.1 Å². The smallest absolute Gasteiger partial charge is 0.239 e. The summed E-state index contributed by atoms with van der Waals surface area (Å²) in [6.07, 6.45) is 2.45. The molecule has 0 aromatic heterocycles. The number of benzene rings is 2. The zero-order valence-corrected chi connectivity index (χ0v) is 16.9. The molecule has 5 heteroatoms. The van der Waals surface area contributed by atoms with Crippen LogP contribution in [0.3, 0.4) is 0 Å². The largest absolute Gasteiger partial charge is 0.372 e. The number of anilines is 2. The highest BCUT2D eigenvalue weighted by molar-refractivity contribution is 6.09. The summed E-state index contributed by atoms with van der Waals surface area (Å²) < 4.78 is 0. The minimum Gasteiger partial charge on any atom is -0.372 e. The lowest BCUT2D eigenvalue weighted by Gasteiger charge is -2.23. The van der Waals surface area contributed by atoms with Crippen LogP contribution in [0.15, 0.2) is 48.5 Å². The lowest BCUT2D eigenvalue weighted by Crippen LogP contribution is -2.44. The number of rotatable bonds is 6. The van der Waals surface area contributed by atoms with Gasteiger partial charge in [-0.1, -0.05) is 29.8 Å². The van der Waals surface area contributed by atoms with E-state index >= 15 is 0 Å². The third-order valence-electron chi connectivity index (χ3n) is 5.31. The molecule has 1 aliphatic heterocycles. The van der Waals surface area contributed by atoms with Gasteiger partial charge in [0.25, 0.3) is 0 Å². The van der Waals surface area contributed by atoms with Gasteiger partial charge in [0, 0.05) is 31.0 Å². The number of hydrogen-bond donors (Lipinski definition) is 2. The normalized spacial score (nSPS) is 14.0. The van der Waals surface area contributed by atoms with Crippen molar-refractivity contribution in [2.75, 3.05) is 23.3 Å². The molecule has 5 nitrogen and oxygen atoms in total. The van der Waals surface area contributed by atoms with Crippen molar-refractivity contribution in [3.63, 3.8) is 0 Å². The van der Waals surface area contributed by atoms with Gasteiger partial charge >= 0.3 is 0 Å². The second-order valence-corrected chi connectivity index (χ2v) is 7.99. The quantitative estimate of drug-likeness (QED) is 0.749. The van der Waals surface area contributed by atoms with E-state index in [1.165, 1.54) is 24.1 Å². The molecular weight excluding hydrogens is 350 g/mol. The Hall–Kier alpha value is -2.82. The second kappa shape index (κ2) is 8.46. The zero-order chi connectivity index (χ0) is 20.1. The van der Waals surface area contributed by atoms with Gasteiger partial charge in [0.2, 0.25) is 11.8 Å². The number of carbonyl (C=O) groups excluding carboxylic acids is 2. The Morgan fingerprint density at radius 3 is 2.14 bits per heavy atom. The SMILES string of the molecule is Cc1ccc(CNC(=O)C(C)(C)C(=O)Nc2ccc(N3CCCC3)cc2)cc1. The Morgan fingerprint density at radius 1 is 0.929 bits per heavy atom. The molecule has 1 saturated heterocycles. The maximum absolute atomic E-state index is 12.7. The topological polar surface area (TPSA) is 61.4 Å². The first kappa shape index (κ1) is 19.9. The Kier molecular flexibility index (Phi) is 6.02. The summed E-state index contributed by atoms with van der Waals surface area (Å²) in [5.41, 5.74) is 2.88. The molecule has 0 aliphatic carbocycles. The Labute approximate surface area is 167 Å². The molecule has 0 saturated carbocycles. The van der Waals surface area contributed by atoms with Gasteiger partial charge in [-0.25, -0.2) is 0 Å². The van der Waals surface area contributed by atoms with Crippen molar-refractivity contribution < 1.29 is 9.59 Å². The monoisotopic (exact) mass is 379 g/mol. The Balaban J connectivity index is 1.56. The lowest BCUT2D eigenvalue weighted by atomic mass is 9.90. The molecule has 0 atom stereocenters. The number of carbonyl (C=O) groups is 2. The van der Waals surface area contributed by atoms with E-state index in [9.17, 15) is 9.59 Å². The van der Waals surface area contributed by atoms with Gasteiger partial charge in [0.1, 0.15) is 5.41 Å².